The van der Waals surface area contributed by atoms with Gasteiger partial charge in [0.05, 0.1) is 13.6 Å². The van der Waals surface area contributed by atoms with Crippen LogP contribution >= 0.6 is 11.8 Å². The summed E-state index contributed by atoms with van der Waals surface area (Å²) in [6, 6.07) is 17.5. The Morgan fingerprint density at radius 2 is 1.83 bits per heavy atom. The normalized spacial score (nSPS) is 17.7. The number of aliphatic hydroxyl groups is 1. The molecule has 0 saturated heterocycles. The third kappa shape index (κ3) is 4.10. The molecule has 1 unspecified atom stereocenters. The lowest BCUT2D eigenvalue weighted by Crippen LogP contribution is -3.10. The molecule has 2 aromatic carbocycles. The van der Waals surface area contributed by atoms with Crippen LogP contribution in [-0.4, -0.2) is 31.3 Å². The van der Waals surface area contributed by atoms with Crippen molar-refractivity contribution < 1.29 is 10.0 Å². The van der Waals surface area contributed by atoms with Crippen LogP contribution in [0.25, 0.3) is 5.57 Å². The van der Waals surface area contributed by atoms with E-state index in [1.165, 1.54) is 32.1 Å². The Labute approximate surface area is 149 Å². The Kier molecular flexibility index (Phi) is 5.77. The molecular weight excluding hydrogens is 314 g/mol. The third-order valence-electron chi connectivity index (χ3n) is 4.43. The second-order valence-corrected chi connectivity index (χ2v) is 7.63. The number of quaternary nitrogens is 1. The molecular formula is C21H26NOS+. The highest BCUT2D eigenvalue weighted by Crippen LogP contribution is 2.39. The summed E-state index contributed by atoms with van der Waals surface area (Å²) in [6.07, 6.45) is 3.16. The van der Waals surface area contributed by atoms with Gasteiger partial charge in [0, 0.05) is 17.1 Å². The molecule has 3 heteroatoms. The van der Waals surface area contributed by atoms with Crippen molar-refractivity contribution in [3.8, 4) is 0 Å². The van der Waals surface area contributed by atoms with Crippen molar-refractivity contribution in [2.45, 2.75) is 30.1 Å². The average molecular weight is 341 g/mol. The number of thioether (sulfide) groups is 1. The van der Waals surface area contributed by atoms with Gasteiger partial charge in [-0.2, -0.15) is 0 Å². The van der Waals surface area contributed by atoms with E-state index in [9.17, 15) is 5.11 Å². The van der Waals surface area contributed by atoms with Gasteiger partial charge in [0.2, 0.25) is 0 Å². The van der Waals surface area contributed by atoms with E-state index in [-0.39, 0.29) is 6.10 Å². The van der Waals surface area contributed by atoms with Crippen LogP contribution in [0.3, 0.4) is 0 Å². The molecule has 0 aliphatic carbocycles. The van der Waals surface area contributed by atoms with Gasteiger partial charge in [-0.25, -0.2) is 0 Å². The molecule has 0 radical (unpaired) electrons. The van der Waals surface area contributed by atoms with Gasteiger partial charge < -0.3 is 10.0 Å². The van der Waals surface area contributed by atoms with Gasteiger partial charge in [0.25, 0.3) is 0 Å². The molecule has 0 bridgehead atoms. The second kappa shape index (κ2) is 8.02. The molecule has 1 aliphatic heterocycles. The Balaban J connectivity index is 1.89. The monoisotopic (exact) mass is 340 g/mol. The maximum absolute atomic E-state index is 9.53. The van der Waals surface area contributed by atoms with E-state index in [4.69, 9.17) is 0 Å². The minimum atomic E-state index is -0.242. The van der Waals surface area contributed by atoms with Gasteiger partial charge in [-0.05, 0) is 35.3 Å². The molecule has 126 valence electrons. The molecule has 1 heterocycles. The number of hydrogen-bond acceptors (Lipinski definition) is 2. The van der Waals surface area contributed by atoms with Gasteiger partial charge in [-0.3, -0.25) is 0 Å². The highest BCUT2D eigenvalue weighted by atomic mass is 32.2. The number of hydrogen-bond donors (Lipinski definition) is 2. The molecule has 3 rings (SSSR count). The number of likely N-dealkylation sites (N-methyl/N-ethyl adjacent to an activating group) is 1. The maximum Gasteiger partial charge on any atom is 0.103 e. The van der Waals surface area contributed by atoms with E-state index in [1.54, 1.807) is 0 Å². The SMILES string of the molecule is C[C@@H](O)C[NH+](C)CC/C=C1/c2ccccc2CSc2ccccc21. The predicted molar refractivity (Wildman–Crippen MR) is 102 cm³/mol. The number of nitrogens with one attached hydrogen (secondary N) is 1. The van der Waals surface area contributed by atoms with Crippen LogP contribution in [-0.2, 0) is 5.75 Å². The molecule has 0 saturated carbocycles. The highest BCUT2D eigenvalue weighted by Gasteiger charge is 2.17. The lowest BCUT2D eigenvalue weighted by molar-refractivity contribution is -0.882. The fourth-order valence-electron chi connectivity index (χ4n) is 3.31. The Morgan fingerprint density at radius 3 is 2.62 bits per heavy atom. The first kappa shape index (κ1) is 17.3. The zero-order chi connectivity index (χ0) is 16.9. The first-order valence-electron chi connectivity index (χ1n) is 8.65. The standard InChI is InChI=1S/C21H25NOS/c1-16(23)14-22(2)13-7-11-19-18-9-4-3-8-17(18)15-24-21-12-6-5-10-20(19)21/h3-6,8-12,16,23H,7,13-15H2,1-2H3/p+1/b19-11-/t16-/m1/s1. The molecule has 0 fully saturated rings. The first-order chi connectivity index (χ1) is 11.6. The molecule has 0 spiro atoms. The summed E-state index contributed by atoms with van der Waals surface area (Å²) in [4.78, 5) is 2.73. The van der Waals surface area contributed by atoms with Crippen LogP contribution in [0.4, 0.5) is 0 Å². The summed E-state index contributed by atoms with van der Waals surface area (Å²) in [5.41, 5.74) is 5.48. The van der Waals surface area contributed by atoms with Crippen molar-refractivity contribution in [3.63, 3.8) is 0 Å². The van der Waals surface area contributed by atoms with Crippen molar-refractivity contribution in [1.29, 1.82) is 0 Å². The Bertz CT molecular complexity index is 674. The van der Waals surface area contributed by atoms with Crippen molar-refractivity contribution in [1.82, 2.24) is 0 Å². The van der Waals surface area contributed by atoms with Crippen molar-refractivity contribution in [2.24, 2.45) is 0 Å². The molecule has 2 aromatic rings. The Hall–Kier alpha value is -1.55. The highest BCUT2D eigenvalue weighted by molar-refractivity contribution is 7.98. The lowest BCUT2D eigenvalue weighted by Gasteiger charge is -2.15. The smallest absolute Gasteiger partial charge is 0.103 e. The quantitative estimate of drug-likeness (QED) is 0.874. The zero-order valence-corrected chi connectivity index (χ0v) is 15.3. The van der Waals surface area contributed by atoms with Gasteiger partial charge in [-0.15, -0.1) is 11.8 Å². The van der Waals surface area contributed by atoms with E-state index in [0.717, 1.165) is 25.3 Å². The summed E-state index contributed by atoms with van der Waals surface area (Å²) < 4.78 is 0. The largest absolute Gasteiger partial charge is 0.388 e. The van der Waals surface area contributed by atoms with E-state index < -0.39 is 0 Å². The minimum Gasteiger partial charge on any atom is -0.388 e. The minimum absolute atomic E-state index is 0.242. The summed E-state index contributed by atoms with van der Waals surface area (Å²) >= 11 is 1.93. The number of rotatable bonds is 5. The van der Waals surface area contributed by atoms with Crippen LogP contribution in [0.1, 0.15) is 30.0 Å². The third-order valence-corrected chi connectivity index (χ3v) is 5.55. The number of benzene rings is 2. The lowest BCUT2D eigenvalue weighted by atomic mass is 9.93. The molecule has 2 N–H and O–H groups in total. The van der Waals surface area contributed by atoms with Gasteiger partial charge in [0.15, 0.2) is 0 Å². The molecule has 0 aromatic heterocycles. The fourth-order valence-corrected chi connectivity index (χ4v) is 4.38. The van der Waals surface area contributed by atoms with E-state index in [1.807, 2.05) is 18.7 Å². The van der Waals surface area contributed by atoms with Gasteiger partial charge in [0.1, 0.15) is 12.6 Å². The molecule has 2 nitrogen and oxygen atoms in total. The molecule has 24 heavy (non-hydrogen) atoms. The van der Waals surface area contributed by atoms with Crippen LogP contribution in [0.15, 0.2) is 59.5 Å². The van der Waals surface area contributed by atoms with Crippen LogP contribution in [0.2, 0.25) is 0 Å². The molecule has 2 atom stereocenters. The first-order valence-corrected chi connectivity index (χ1v) is 9.63. The van der Waals surface area contributed by atoms with Crippen LogP contribution < -0.4 is 4.90 Å². The fraction of sp³-hybridized carbons (Fsp3) is 0.333. The number of fused-ring (bicyclic) bond motifs is 2. The maximum atomic E-state index is 9.53. The average Bonchev–Trinajstić information content (AvgIpc) is 2.72. The van der Waals surface area contributed by atoms with Crippen molar-refractivity contribution >= 4 is 17.3 Å². The predicted octanol–water partition coefficient (Wildman–Crippen LogP) is 3.01. The van der Waals surface area contributed by atoms with Crippen molar-refractivity contribution in [2.75, 3.05) is 20.1 Å². The summed E-state index contributed by atoms with van der Waals surface area (Å²) in [5, 5.41) is 9.53. The molecule has 0 amide bonds. The molecule has 1 aliphatic rings. The number of aliphatic hydroxyl groups excluding tert-OH is 1. The topological polar surface area (TPSA) is 24.7 Å². The summed E-state index contributed by atoms with van der Waals surface area (Å²) in [5.74, 6) is 1.03. The van der Waals surface area contributed by atoms with E-state index in [2.05, 4.69) is 61.7 Å². The Morgan fingerprint density at radius 1 is 1.12 bits per heavy atom. The van der Waals surface area contributed by atoms with E-state index >= 15 is 0 Å². The van der Waals surface area contributed by atoms with E-state index in [0.29, 0.717) is 0 Å². The van der Waals surface area contributed by atoms with Gasteiger partial charge >= 0.3 is 0 Å². The van der Waals surface area contributed by atoms with Gasteiger partial charge in [-0.1, -0.05) is 48.5 Å². The summed E-state index contributed by atoms with van der Waals surface area (Å²) in [7, 11) is 2.15. The summed E-state index contributed by atoms with van der Waals surface area (Å²) in [6.45, 7) is 3.69. The second-order valence-electron chi connectivity index (χ2n) is 6.61. The zero-order valence-electron chi connectivity index (χ0n) is 14.5. The van der Waals surface area contributed by atoms with Crippen LogP contribution in [0, 0.1) is 0 Å². The van der Waals surface area contributed by atoms with Crippen molar-refractivity contribution in [3.05, 3.63) is 71.3 Å². The van der Waals surface area contributed by atoms with Crippen LogP contribution in [0.5, 0.6) is 0 Å².